The van der Waals surface area contributed by atoms with Gasteiger partial charge in [0.05, 0.1) is 32.2 Å². The van der Waals surface area contributed by atoms with Gasteiger partial charge in [-0.1, -0.05) is 17.3 Å². The van der Waals surface area contributed by atoms with E-state index < -0.39 is 6.04 Å². The predicted octanol–water partition coefficient (Wildman–Crippen LogP) is 1.69. The second-order valence-electron chi connectivity index (χ2n) is 5.99. The van der Waals surface area contributed by atoms with Gasteiger partial charge >= 0.3 is 0 Å². The number of carbonyl (C=O) groups excluding carboxylic acids is 1. The zero-order valence-electron chi connectivity index (χ0n) is 15.3. The summed E-state index contributed by atoms with van der Waals surface area (Å²) < 4.78 is 11.6. The molecule has 0 spiro atoms. The van der Waals surface area contributed by atoms with E-state index in [2.05, 4.69) is 15.6 Å². The third-order valence-corrected chi connectivity index (χ3v) is 4.18. The number of aromatic nitrogens is 3. The van der Waals surface area contributed by atoms with Crippen molar-refractivity contribution in [2.75, 3.05) is 14.2 Å². The molecule has 3 rings (SSSR count). The Kier molecular flexibility index (Phi) is 5.35. The van der Waals surface area contributed by atoms with Crippen molar-refractivity contribution in [1.82, 2.24) is 20.3 Å². The van der Waals surface area contributed by atoms with Crippen molar-refractivity contribution in [3.63, 3.8) is 0 Å². The van der Waals surface area contributed by atoms with E-state index in [4.69, 9.17) is 9.47 Å². The molecule has 1 aromatic heterocycles. The van der Waals surface area contributed by atoms with Gasteiger partial charge in [0.15, 0.2) is 0 Å². The molecule has 2 aromatic carbocycles. The van der Waals surface area contributed by atoms with E-state index in [0.717, 1.165) is 5.56 Å². The second-order valence-corrected chi connectivity index (χ2v) is 5.99. The van der Waals surface area contributed by atoms with E-state index >= 15 is 0 Å². The van der Waals surface area contributed by atoms with Crippen LogP contribution < -0.4 is 20.3 Å². The summed E-state index contributed by atoms with van der Waals surface area (Å²) in [5.74, 6) is 1.10. The molecule has 0 bridgehead atoms. The van der Waals surface area contributed by atoms with E-state index in [9.17, 15) is 9.59 Å². The Morgan fingerprint density at radius 2 is 1.78 bits per heavy atom. The molecule has 0 aliphatic rings. The van der Waals surface area contributed by atoms with Crippen molar-refractivity contribution in [2.24, 2.45) is 0 Å². The third kappa shape index (κ3) is 4.05. The van der Waals surface area contributed by atoms with E-state index in [1.807, 2.05) is 12.1 Å². The smallest absolute Gasteiger partial charge is 0.277 e. The standard InChI is InChI=1S/C19H20N4O4/c1-12(24)20-18(13-4-6-14(26-2)7-5-13)11-23-19(25)16-9-8-15(27-3)10-17(16)21-22-23/h4-10,18H,11H2,1-3H3,(H,20,24)/t18-/m1/s1. The van der Waals surface area contributed by atoms with Gasteiger partial charge in [-0.3, -0.25) is 9.59 Å². The van der Waals surface area contributed by atoms with E-state index in [0.29, 0.717) is 22.4 Å². The van der Waals surface area contributed by atoms with Crippen LogP contribution in [-0.4, -0.2) is 35.1 Å². The molecular formula is C19H20N4O4. The lowest BCUT2D eigenvalue weighted by atomic mass is 10.1. The second kappa shape index (κ2) is 7.86. The maximum atomic E-state index is 12.8. The van der Waals surface area contributed by atoms with Crippen molar-refractivity contribution in [3.05, 3.63) is 58.4 Å². The maximum Gasteiger partial charge on any atom is 0.277 e. The first-order chi connectivity index (χ1) is 13.0. The van der Waals surface area contributed by atoms with Crippen LogP contribution >= 0.6 is 0 Å². The highest BCUT2D eigenvalue weighted by Crippen LogP contribution is 2.20. The highest BCUT2D eigenvalue weighted by molar-refractivity contribution is 5.78. The normalized spacial score (nSPS) is 11.8. The number of amides is 1. The topological polar surface area (TPSA) is 95.3 Å². The number of nitrogens with one attached hydrogen (secondary N) is 1. The fourth-order valence-electron chi connectivity index (χ4n) is 2.79. The summed E-state index contributed by atoms with van der Waals surface area (Å²) in [6.45, 7) is 1.58. The van der Waals surface area contributed by atoms with Gasteiger partial charge in [-0.15, -0.1) is 5.10 Å². The number of benzene rings is 2. The maximum absolute atomic E-state index is 12.8. The van der Waals surface area contributed by atoms with Crippen LogP contribution in [0.4, 0.5) is 0 Å². The Morgan fingerprint density at radius 3 is 2.41 bits per heavy atom. The van der Waals surface area contributed by atoms with Crippen molar-refractivity contribution in [1.29, 1.82) is 0 Å². The summed E-state index contributed by atoms with van der Waals surface area (Å²) in [7, 11) is 3.13. The van der Waals surface area contributed by atoms with Crippen LogP contribution in [0.2, 0.25) is 0 Å². The number of nitrogens with zero attached hydrogens (tertiary/aromatic N) is 3. The van der Waals surface area contributed by atoms with E-state index in [-0.39, 0.29) is 18.0 Å². The van der Waals surface area contributed by atoms with Gasteiger partial charge in [0.25, 0.3) is 5.56 Å². The van der Waals surface area contributed by atoms with Gasteiger partial charge in [-0.05, 0) is 29.8 Å². The highest BCUT2D eigenvalue weighted by atomic mass is 16.5. The summed E-state index contributed by atoms with van der Waals surface area (Å²) in [6, 6.07) is 11.8. The Balaban J connectivity index is 1.96. The number of rotatable bonds is 6. The van der Waals surface area contributed by atoms with Crippen molar-refractivity contribution < 1.29 is 14.3 Å². The summed E-state index contributed by atoms with van der Waals surface area (Å²) >= 11 is 0. The van der Waals surface area contributed by atoms with Crippen LogP contribution in [0, 0.1) is 0 Å². The minimum Gasteiger partial charge on any atom is -0.497 e. The van der Waals surface area contributed by atoms with Gasteiger partial charge < -0.3 is 14.8 Å². The lowest BCUT2D eigenvalue weighted by molar-refractivity contribution is -0.119. The first-order valence-electron chi connectivity index (χ1n) is 8.34. The SMILES string of the molecule is COc1ccc([C@@H](Cn2nnc3cc(OC)ccc3c2=O)NC(C)=O)cc1. The van der Waals surface area contributed by atoms with Crippen molar-refractivity contribution in [3.8, 4) is 11.5 Å². The molecule has 1 amide bonds. The van der Waals surface area contributed by atoms with Crippen LogP contribution in [0.3, 0.4) is 0 Å². The van der Waals surface area contributed by atoms with Crippen LogP contribution in [0.1, 0.15) is 18.5 Å². The number of methoxy groups -OCH3 is 2. The lowest BCUT2D eigenvalue weighted by Gasteiger charge is -2.19. The average molecular weight is 368 g/mol. The minimum absolute atomic E-state index is 0.152. The summed E-state index contributed by atoms with van der Waals surface area (Å²) in [5.41, 5.74) is 0.997. The number of ether oxygens (including phenoxy) is 2. The van der Waals surface area contributed by atoms with Gasteiger partial charge in [0.2, 0.25) is 5.91 Å². The molecule has 0 saturated carbocycles. The van der Waals surface area contributed by atoms with E-state index in [1.165, 1.54) is 11.6 Å². The molecule has 3 aromatic rings. The van der Waals surface area contributed by atoms with Crippen LogP contribution in [0.25, 0.3) is 10.9 Å². The molecule has 8 nitrogen and oxygen atoms in total. The molecule has 0 saturated heterocycles. The fraction of sp³-hybridized carbons (Fsp3) is 0.263. The monoisotopic (exact) mass is 368 g/mol. The summed E-state index contributed by atoms with van der Waals surface area (Å²) in [5, 5.41) is 11.4. The molecule has 1 N–H and O–H groups in total. The Labute approximate surface area is 155 Å². The first kappa shape index (κ1) is 18.4. The summed E-state index contributed by atoms with van der Waals surface area (Å²) in [6.07, 6.45) is 0. The van der Waals surface area contributed by atoms with Gasteiger partial charge in [-0.25, -0.2) is 4.68 Å². The number of hydrogen-bond donors (Lipinski definition) is 1. The van der Waals surface area contributed by atoms with Crippen LogP contribution in [-0.2, 0) is 11.3 Å². The van der Waals surface area contributed by atoms with Gasteiger partial charge in [0, 0.05) is 13.0 Å². The minimum atomic E-state index is -0.434. The molecule has 0 fully saturated rings. The first-order valence-corrected chi connectivity index (χ1v) is 8.34. The molecule has 0 unspecified atom stereocenters. The molecular weight excluding hydrogens is 348 g/mol. The number of carbonyl (C=O) groups is 1. The van der Waals surface area contributed by atoms with Crippen LogP contribution in [0.15, 0.2) is 47.3 Å². The fourth-order valence-corrected chi connectivity index (χ4v) is 2.79. The van der Waals surface area contributed by atoms with Gasteiger partial charge in [-0.2, -0.15) is 0 Å². The summed E-state index contributed by atoms with van der Waals surface area (Å²) in [4.78, 5) is 24.4. The zero-order valence-corrected chi connectivity index (χ0v) is 15.3. The van der Waals surface area contributed by atoms with Crippen molar-refractivity contribution in [2.45, 2.75) is 19.5 Å². The number of fused-ring (bicyclic) bond motifs is 1. The Morgan fingerprint density at radius 1 is 1.11 bits per heavy atom. The van der Waals surface area contributed by atoms with Gasteiger partial charge in [0.1, 0.15) is 17.0 Å². The number of hydrogen-bond acceptors (Lipinski definition) is 6. The lowest BCUT2D eigenvalue weighted by Crippen LogP contribution is -2.34. The largest absolute Gasteiger partial charge is 0.497 e. The van der Waals surface area contributed by atoms with Crippen LogP contribution in [0.5, 0.6) is 11.5 Å². The molecule has 140 valence electrons. The average Bonchev–Trinajstić information content (AvgIpc) is 2.69. The molecule has 27 heavy (non-hydrogen) atoms. The molecule has 0 radical (unpaired) electrons. The molecule has 0 aliphatic heterocycles. The molecule has 1 heterocycles. The zero-order chi connectivity index (χ0) is 19.4. The third-order valence-electron chi connectivity index (χ3n) is 4.18. The van der Waals surface area contributed by atoms with E-state index in [1.54, 1.807) is 44.6 Å². The molecule has 1 atom stereocenters. The van der Waals surface area contributed by atoms with Crippen molar-refractivity contribution >= 4 is 16.8 Å². The molecule has 8 heteroatoms. The highest BCUT2D eigenvalue weighted by Gasteiger charge is 2.17. The Hall–Kier alpha value is -3.42. The molecule has 0 aliphatic carbocycles. The quantitative estimate of drug-likeness (QED) is 0.711. The predicted molar refractivity (Wildman–Crippen MR) is 99.9 cm³/mol. The Bertz CT molecular complexity index is 1010.